The Kier molecular flexibility index (Phi) is 5.14. The van der Waals surface area contributed by atoms with Gasteiger partial charge in [0.2, 0.25) is 0 Å². The predicted molar refractivity (Wildman–Crippen MR) is 109 cm³/mol. The quantitative estimate of drug-likeness (QED) is 0.692. The molecule has 2 amide bonds. The summed E-state index contributed by atoms with van der Waals surface area (Å²) in [6, 6.07) is 10.2. The lowest BCUT2D eigenvalue weighted by Gasteiger charge is -2.20. The van der Waals surface area contributed by atoms with Crippen LogP contribution in [0, 0.1) is 6.92 Å². The number of H-pyrrole nitrogens is 1. The molecule has 7 nitrogen and oxygen atoms in total. The van der Waals surface area contributed by atoms with E-state index in [0.29, 0.717) is 12.6 Å². The second-order valence-corrected chi connectivity index (χ2v) is 7.48. The van der Waals surface area contributed by atoms with Gasteiger partial charge in [0.1, 0.15) is 5.82 Å². The molecule has 2 aromatic heterocycles. The molecule has 0 spiro atoms. The van der Waals surface area contributed by atoms with Crippen molar-refractivity contribution >= 4 is 11.8 Å². The highest BCUT2D eigenvalue weighted by Crippen LogP contribution is 2.32. The first kappa shape index (κ1) is 18.3. The molecule has 0 radical (unpaired) electrons. The summed E-state index contributed by atoms with van der Waals surface area (Å²) in [5, 5.41) is 14.8. The zero-order valence-electron chi connectivity index (χ0n) is 16.4. The van der Waals surface area contributed by atoms with Gasteiger partial charge in [0.05, 0.1) is 30.7 Å². The first-order chi connectivity index (χ1) is 13.6. The van der Waals surface area contributed by atoms with Crippen molar-refractivity contribution in [3.63, 3.8) is 0 Å². The molecule has 2 N–H and O–H groups in total. The Morgan fingerprint density at radius 2 is 2.00 bits per heavy atom. The number of aromatic amines is 1. The number of hydrogen-bond acceptors (Lipinski definition) is 3. The Labute approximate surface area is 164 Å². The Bertz CT molecular complexity index is 939. The molecule has 0 unspecified atom stereocenters. The molecule has 0 atom stereocenters. The van der Waals surface area contributed by atoms with Crippen LogP contribution < -0.4 is 5.32 Å². The lowest BCUT2D eigenvalue weighted by atomic mass is 10.1. The second kappa shape index (κ2) is 7.88. The fourth-order valence-electron chi connectivity index (χ4n) is 3.84. The predicted octanol–water partition coefficient (Wildman–Crippen LogP) is 4.36. The molecule has 1 fully saturated rings. The molecule has 1 saturated carbocycles. The van der Waals surface area contributed by atoms with Crippen LogP contribution in [-0.2, 0) is 6.54 Å². The topological polar surface area (TPSA) is 78.8 Å². The minimum atomic E-state index is -0.150. The van der Waals surface area contributed by atoms with Crippen LogP contribution in [0.5, 0.6) is 0 Å². The number of aromatic nitrogens is 4. The highest BCUT2D eigenvalue weighted by molar-refractivity contribution is 5.89. The summed E-state index contributed by atoms with van der Waals surface area (Å²) in [5.41, 5.74) is 3.96. The molecule has 7 heteroatoms. The fourth-order valence-corrected chi connectivity index (χ4v) is 3.84. The highest BCUT2D eigenvalue weighted by atomic mass is 16.2. The molecule has 0 bridgehead atoms. The number of aryl methyl sites for hydroxylation is 1. The van der Waals surface area contributed by atoms with Gasteiger partial charge in [0, 0.05) is 18.2 Å². The van der Waals surface area contributed by atoms with Crippen LogP contribution in [0.1, 0.15) is 42.9 Å². The molecule has 0 aliphatic heterocycles. The van der Waals surface area contributed by atoms with Crippen molar-refractivity contribution in [1.29, 1.82) is 0 Å². The number of rotatable bonds is 5. The number of carbonyl (C=O) groups excluding carboxylic acids is 1. The standard InChI is InChI=1S/C21H26N6O/c1-15-12-23-27(18-10-6-7-11-18)20(15)24-21(28)26(2)14-17-13-22-25-19(17)16-8-4-3-5-9-16/h3-5,8-9,12-13,18H,6-7,10-11,14H2,1-2H3,(H,22,25)(H,24,28). The van der Waals surface area contributed by atoms with E-state index in [1.807, 2.05) is 48.1 Å². The van der Waals surface area contributed by atoms with E-state index in [0.717, 1.165) is 41.0 Å². The van der Waals surface area contributed by atoms with Crippen LogP contribution in [-0.4, -0.2) is 38.0 Å². The van der Waals surface area contributed by atoms with E-state index in [9.17, 15) is 4.79 Å². The van der Waals surface area contributed by atoms with E-state index in [2.05, 4.69) is 20.6 Å². The summed E-state index contributed by atoms with van der Waals surface area (Å²) in [5.74, 6) is 0.805. The lowest BCUT2D eigenvalue weighted by molar-refractivity contribution is 0.220. The number of hydrogen-bond donors (Lipinski definition) is 2. The molecule has 3 aromatic rings. The minimum absolute atomic E-state index is 0.150. The van der Waals surface area contributed by atoms with Crippen molar-refractivity contribution in [1.82, 2.24) is 24.9 Å². The van der Waals surface area contributed by atoms with Gasteiger partial charge in [-0.2, -0.15) is 10.2 Å². The Balaban J connectivity index is 1.47. The van der Waals surface area contributed by atoms with E-state index in [1.165, 1.54) is 12.8 Å². The van der Waals surface area contributed by atoms with E-state index >= 15 is 0 Å². The summed E-state index contributed by atoms with van der Waals surface area (Å²) < 4.78 is 1.99. The van der Waals surface area contributed by atoms with Gasteiger partial charge in [-0.25, -0.2) is 9.48 Å². The fraction of sp³-hybridized carbons (Fsp3) is 0.381. The first-order valence-corrected chi connectivity index (χ1v) is 9.77. The smallest absolute Gasteiger partial charge is 0.323 e. The van der Waals surface area contributed by atoms with Gasteiger partial charge in [-0.1, -0.05) is 43.2 Å². The first-order valence-electron chi connectivity index (χ1n) is 9.77. The van der Waals surface area contributed by atoms with Crippen molar-refractivity contribution in [2.75, 3.05) is 12.4 Å². The van der Waals surface area contributed by atoms with Crippen molar-refractivity contribution in [3.8, 4) is 11.3 Å². The number of nitrogens with one attached hydrogen (secondary N) is 2. The second-order valence-electron chi connectivity index (χ2n) is 7.48. The van der Waals surface area contributed by atoms with Crippen LogP contribution in [0.3, 0.4) is 0 Å². The maximum atomic E-state index is 12.8. The zero-order valence-corrected chi connectivity index (χ0v) is 16.4. The number of benzene rings is 1. The molecule has 1 aliphatic carbocycles. The molecule has 0 saturated heterocycles. The largest absolute Gasteiger partial charge is 0.323 e. The molecule has 28 heavy (non-hydrogen) atoms. The summed E-state index contributed by atoms with van der Waals surface area (Å²) in [6.07, 6.45) is 8.29. The summed E-state index contributed by atoms with van der Waals surface area (Å²) in [6.45, 7) is 2.45. The van der Waals surface area contributed by atoms with Crippen molar-refractivity contribution in [2.45, 2.75) is 45.2 Å². The maximum Gasteiger partial charge on any atom is 0.323 e. The van der Waals surface area contributed by atoms with Gasteiger partial charge < -0.3 is 4.90 Å². The van der Waals surface area contributed by atoms with Gasteiger partial charge in [-0.3, -0.25) is 10.4 Å². The van der Waals surface area contributed by atoms with E-state index in [1.54, 1.807) is 18.1 Å². The van der Waals surface area contributed by atoms with Crippen LogP contribution in [0.4, 0.5) is 10.6 Å². The third-order valence-electron chi connectivity index (χ3n) is 5.41. The minimum Gasteiger partial charge on any atom is -0.323 e. The van der Waals surface area contributed by atoms with Crippen LogP contribution in [0.15, 0.2) is 42.7 Å². The molecule has 4 rings (SSSR count). The third kappa shape index (κ3) is 3.65. The molecular formula is C21H26N6O. The Morgan fingerprint density at radius 1 is 1.25 bits per heavy atom. The summed E-state index contributed by atoms with van der Waals surface area (Å²) >= 11 is 0. The van der Waals surface area contributed by atoms with Crippen molar-refractivity contribution in [3.05, 3.63) is 53.9 Å². The highest BCUT2D eigenvalue weighted by Gasteiger charge is 2.23. The van der Waals surface area contributed by atoms with E-state index in [-0.39, 0.29) is 6.03 Å². The van der Waals surface area contributed by atoms with Gasteiger partial charge in [-0.15, -0.1) is 0 Å². The SMILES string of the molecule is Cc1cnn(C2CCCC2)c1NC(=O)N(C)Cc1cn[nH]c1-c1ccccc1. The lowest BCUT2D eigenvalue weighted by Crippen LogP contribution is -2.32. The Morgan fingerprint density at radius 3 is 2.75 bits per heavy atom. The molecule has 146 valence electrons. The zero-order chi connectivity index (χ0) is 19.5. The summed E-state index contributed by atoms with van der Waals surface area (Å²) in [7, 11) is 1.79. The summed E-state index contributed by atoms with van der Waals surface area (Å²) in [4.78, 5) is 14.5. The normalized spacial score (nSPS) is 14.4. The van der Waals surface area contributed by atoms with E-state index < -0.39 is 0 Å². The maximum absolute atomic E-state index is 12.8. The van der Waals surface area contributed by atoms with Crippen LogP contribution in [0.25, 0.3) is 11.3 Å². The molecular weight excluding hydrogens is 352 g/mol. The number of anilines is 1. The number of urea groups is 1. The van der Waals surface area contributed by atoms with E-state index in [4.69, 9.17) is 0 Å². The average molecular weight is 378 g/mol. The van der Waals surface area contributed by atoms with Gasteiger partial charge >= 0.3 is 6.03 Å². The number of nitrogens with zero attached hydrogens (tertiary/aromatic N) is 4. The van der Waals surface area contributed by atoms with Gasteiger partial charge in [0.25, 0.3) is 0 Å². The van der Waals surface area contributed by atoms with Crippen LogP contribution in [0.2, 0.25) is 0 Å². The third-order valence-corrected chi connectivity index (χ3v) is 5.41. The number of carbonyl (C=O) groups is 1. The molecule has 2 heterocycles. The van der Waals surface area contributed by atoms with Crippen molar-refractivity contribution in [2.24, 2.45) is 0 Å². The molecule has 1 aliphatic rings. The van der Waals surface area contributed by atoms with Crippen molar-refractivity contribution < 1.29 is 4.79 Å². The Hall–Kier alpha value is -3.09. The number of amides is 2. The molecule has 1 aromatic carbocycles. The van der Waals surface area contributed by atoms with Gasteiger partial charge in [0.15, 0.2) is 0 Å². The average Bonchev–Trinajstić information content (AvgIpc) is 3.45. The monoisotopic (exact) mass is 378 g/mol. The van der Waals surface area contributed by atoms with Crippen LogP contribution >= 0.6 is 0 Å². The van der Waals surface area contributed by atoms with Gasteiger partial charge in [-0.05, 0) is 25.3 Å².